The number of allylic oxidation sites excluding steroid dienone is 1. The van der Waals surface area contributed by atoms with Gasteiger partial charge >= 0.3 is 0 Å². The molecule has 0 aromatic heterocycles. The van der Waals surface area contributed by atoms with Crippen LogP contribution in [-0.4, -0.2) is 35.0 Å². The molecule has 2 spiro atoms. The lowest BCUT2D eigenvalue weighted by Gasteiger charge is -2.56. The predicted octanol–water partition coefficient (Wildman–Crippen LogP) is 7.56. The van der Waals surface area contributed by atoms with E-state index in [-0.39, 0.29) is 27.3 Å². The first kappa shape index (κ1) is 22.1. The lowest BCUT2D eigenvalue weighted by atomic mass is 9.58. The Kier molecular flexibility index (Phi) is 4.50. The van der Waals surface area contributed by atoms with Crippen LogP contribution >= 0.6 is 0 Å². The first-order chi connectivity index (χ1) is 17.4. The van der Waals surface area contributed by atoms with Crippen LogP contribution in [0.4, 0.5) is 0 Å². The van der Waals surface area contributed by atoms with Gasteiger partial charge in [0.1, 0.15) is 0 Å². The second kappa shape index (κ2) is 7.34. The largest absolute Gasteiger partial charge is 0.633 e. The SMILES string of the molecule is C[C@]12CC=C3C=C4CC[C@@H]([N+]5([O-])CCCC5)C[C@]45CCC3(O5)[C@@H]1CC[C@@H]2c1ccc2ccccc2c1. The minimum absolute atomic E-state index is 0.0548. The van der Waals surface area contributed by atoms with Crippen molar-refractivity contribution in [2.24, 2.45) is 11.3 Å². The molecule has 36 heavy (non-hydrogen) atoms. The highest BCUT2D eigenvalue weighted by molar-refractivity contribution is 5.83. The summed E-state index contributed by atoms with van der Waals surface area (Å²) in [4.78, 5) is 0. The van der Waals surface area contributed by atoms with E-state index in [0.717, 1.165) is 64.5 Å². The van der Waals surface area contributed by atoms with E-state index in [2.05, 4.69) is 61.5 Å². The van der Waals surface area contributed by atoms with Crippen LogP contribution in [0.2, 0.25) is 0 Å². The Morgan fingerprint density at radius 3 is 2.67 bits per heavy atom. The molecule has 2 saturated heterocycles. The molecular weight excluding hydrogens is 442 g/mol. The summed E-state index contributed by atoms with van der Waals surface area (Å²) in [5.41, 5.74) is 4.42. The smallest absolute Gasteiger partial charge is 0.0975 e. The number of quaternary nitrogens is 1. The molecule has 0 N–H and O–H groups in total. The van der Waals surface area contributed by atoms with E-state index in [0.29, 0.717) is 11.8 Å². The maximum atomic E-state index is 13.7. The first-order valence-electron chi connectivity index (χ1n) is 14.6. The average molecular weight is 482 g/mol. The molecule has 2 aromatic carbocycles. The molecular formula is C33H39NO2. The molecule has 3 heterocycles. The summed E-state index contributed by atoms with van der Waals surface area (Å²) >= 11 is 0. The van der Waals surface area contributed by atoms with E-state index in [4.69, 9.17) is 4.74 Å². The van der Waals surface area contributed by atoms with Gasteiger partial charge in [-0.2, -0.15) is 0 Å². The van der Waals surface area contributed by atoms with Gasteiger partial charge in [-0.1, -0.05) is 61.5 Å². The molecule has 0 amide bonds. The fraction of sp³-hybridized carbons (Fsp3) is 0.576. The van der Waals surface area contributed by atoms with Crippen molar-refractivity contribution >= 4 is 10.8 Å². The van der Waals surface area contributed by atoms with Crippen LogP contribution in [0.5, 0.6) is 0 Å². The lowest BCUT2D eigenvalue weighted by molar-refractivity contribution is -0.895. The van der Waals surface area contributed by atoms with Gasteiger partial charge in [0.25, 0.3) is 0 Å². The quantitative estimate of drug-likeness (QED) is 0.327. The number of rotatable bonds is 2. The molecule has 1 unspecified atom stereocenters. The number of nitrogens with zero attached hydrogens (tertiary/aromatic N) is 1. The van der Waals surface area contributed by atoms with Crippen molar-refractivity contribution in [1.29, 1.82) is 0 Å². The van der Waals surface area contributed by atoms with Gasteiger partial charge in [-0.3, -0.25) is 0 Å². The zero-order valence-corrected chi connectivity index (χ0v) is 21.7. The Morgan fingerprint density at radius 2 is 1.81 bits per heavy atom. The normalized spacial score (nSPS) is 42.4. The van der Waals surface area contributed by atoms with Gasteiger partial charge in [0.05, 0.1) is 30.3 Å². The molecule has 6 atom stereocenters. The second-order valence-electron chi connectivity index (χ2n) is 13.3. The highest BCUT2D eigenvalue weighted by atomic mass is 16.6. The number of likely N-dealkylation sites (tertiary alicyclic amines) is 1. The maximum Gasteiger partial charge on any atom is 0.0975 e. The molecule has 3 aliphatic carbocycles. The average Bonchev–Trinajstić information content (AvgIpc) is 3.58. The monoisotopic (exact) mass is 481 g/mol. The van der Waals surface area contributed by atoms with E-state index in [1.54, 1.807) is 0 Å². The van der Waals surface area contributed by atoms with Crippen molar-refractivity contribution in [3.8, 4) is 0 Å². The van der Waals surface area contributed by atoms with Crippen molar-refractivity contribution in [2.45, 2.75) is 94.3 Å². The van der Waals surface area contributed by atoms with E-state index >= 15 is 0 Å². The molecule has 3 nitrogen and oxygen atoms in total. The van der Waals surface area contributed by atoms with Gasteiger partial charge in [0.2, 0.25) is 0 Å². The Morgan fingerprint density at radius 1 is 0.972 bits per heavy atom. The van der Waals surface area contributed by atoms with Crippen LogP contribution in [0, 0.1) is 16.5 Å². The van der Waals surface area contributed by atoms with E-state index in [9.17, 15) is 5.21 Å². The Labute approximate surface area is 215 Å². The standard InChI is InChI=1S/C33H39NO2/c1-31-15-14-27-21-26-10-11-28(34(35)18-4-5-19-34)22-32(26)16-17-33(27,36-32)30(31)13-12-29(31)25-9-8-23-6-2-3-7-24(23)20-25/h2-3,6-9,14,20-21,28-30H,4-5,10-13,15-19,22H2,1H3/t28-,29-,30-,31-,32-,33?/m1/s1. The number of hydroxylamine groups is 3. The molecule has 0 radical (unpaired) electrons. The number of ether oxygens (including phenoxy) is 1. The minimum Gasteiger partial charge on any atom is -0.633 e. The van der Waals surface area contributed by atoms with E-state index in [1.165, 1.54) is 40.3 Å². The summed E-state index contributed by atoms with van der Waals surface area (Å²) in [6.45, 7) is 4.21. The molecule has 8 rings (SSSR count). The van der Waals surface area contributed by atoms with Gasteiger partial charge in [-0.15, -0.1) is 0 Å². The fourth-order valence-electron chi connectivity index (χ4n) is 9.99. The Bertz CT molecular complexity index is 1300. The molecule has 2 bridgehead atoms. The van der Waals surface area contributed by atoms with Crippen molar-refractivity contribution in [1.82, 2.24) is 0 Å². The number of fused-ring (bicyclic) bond motifs is 2. The third-order valence-electron chi connectivity index (χ3n) is 11.8. The molecule has 3 aliphatic heterocycles. The zero-order chi connectivity index (χ0) is 24.2. The zero-order valence-electron chi connectivity index (χ0n) is 21.7. The van der Waals surface area contributed by atoms with Crippen LogP contribution in [0.25, 0.3) is 10.8 Å². The summed E-state index contributed by atoms with van der Waals surface area (Å²) in [5.74, 6) is 1.13. The molecule has 4 fully saturated rings. The number of hydrogen-bond donors (Lipinski definition) is 0. The van der Waals surface area contributed by atoms with Crippen LogP contribution in [0.15, 0.2) is 65.8 Å². The predicted molar refractivity (Wildman–Crippen MR) is 144 cm³/mol. The summed E-state index contributed by atoms with van der Waals surface area (Å²) < 4.78 is 7.52. The van der Waals surface area contributed by atoms with Crippen LogP contribution in [0.1, 0.15) is 82.6 Å². The highest BCUT2D eigenvalue weighted by Gasteiger charge is 2.67. The van der Waals surface area contributed by atoms with Gasteiger partial charge in [-0.05, 0) is 83.3 Å². The topological polar surface area (TPSA) is 32.3 Å². The second-order valence-corrected chi connectivity index (χ2v) is 13.3. The van der Waals surface area contributed by atoms with Crippen molar-refractivity contribution in [2.75, 3.05) is 13.1 Å². The Balaban J connectivity index is 1.15. The van der Waals surface area contributed by atoms with E-state index < -0.39 is 0 Å². The highest BCUT2D eigenvalue weighted by Crippen LogP contribution is 2.69. The molecule has 2 aromatic rings. The van der Waals surface area contributed by atoms with Crippen LogP contribution in [-0.2, 0) is 4.74 Å². The lowest BCUT2D eigenvalue weighted by Crippen LogP contribution is -2.58. The van der Waals surface area contributed by atoms with Gasteiger partial charge in [-0.25, -0.2) is 0 Å². The Hall–Kier alpha value is -1.94. The minimum atomic E-state index is -0.169. The molecule has 6 aliphatic rings. The summed E-state index contributed by atoms with van der Waals surface area (Å²) in [5, 5.41) is 16.4. The van der Waals surface area contributed by atoms with Crippen molar-refractivity contribution < 1.29 is 9.38 Å². The van der Waals surface area contributed by atoms with Crippen molar-refractivity contribution in [3.05, 3.63) is 76.5 Å². The van der Waals surface area contributed by atoms with E-state index in [1.807, 2.05) is 0 Å². The van der Waals surface area contributed by atoms with Gasteiger partial charge in [0, 0.05) is 25.7 Å². The molecule has 188 valence electrons. The van der Waals surface area contributed by atoms with Crippen LogP contribution in [0.3, 0.4) is 0 Å². The molecule has 2 saturated carbocycles. The van der Waals surface area contributed by atoms with Gasteiger partial charge < -0.3 is 14.6 Å². The third kappa shape index (κ3) is 2.80. The van der Waals surface area contributed by atoms with Crippen LogP contribution < -0.4 is 0 Å². The third-order valence-corrected chi connectivity index (χ3v) is 11.8. The summed E-state index contributed by atoms with van der Waals surface area (Å²) in [6.07, 6.45) is 16.3. The summed E-state index contributed by atoms with van der Waals surface area (Å²) in [7, 11) is 0. The first-order valence-corrected chi connectivity index (χ1v) is 14.6. The number of hydrogen-bond acceptors (Lipinski definition) is 2. The van der Waals surface area contributed by atoms with Crippen molar-refractivity contribution in [3.63, 3.8) is 0 Å². The summed E-state index contributed by atoms with van der Waals surface area (Å²) in [6, 6.07) is 16.2. The number of benzene rings is 2. The fourth-order valence-corrected chi connectivity index (χ4v) is 9.99. The maximum absolute atomic E-state index is 13.7. The molecule has 3 heteroatoms. The van der Waals surface area contributed by atoms with Gasteiger partial charge in [0.15, 0.2) is 0 Å².